The number of benzene rings is 1. The number of ether oxygens (including phenoxy) is 1. The lowest BCUT2D eigenvalue weighted by Crippen LogP contribution is -2.36. The third-order valence-corrected chi connectivity index (χ3v) is 7.57. The van der Waals surface area contributed by atoms with Crippen LogP contribution in [-0.2, 0) is 11.3 Å². The molecule has 4 atom stereocenters. The van der Waals surface area contributed by atoms with Gasteiger partial charge in [-0.3, -0.25) is 4.90 Å². The van der Waals surface area contributed by atoms with Crippen molar-refractivity contribution in [2.75, 3.05) is 31.6 Å². The predicted octanol–water partition coefficient (Wildman–Crippen LogP) is 5.06. The molecule has 0 spiro atoms. The number of fused-ring (bicyclic) bond motifs is 1. The van der Waals surface area contributed by atoms with Gasteiger partial charge < -0.3 is 9.64 Å². The lowest BCUT2D eigenvalue weighted by atomic mass is 9.92. The average Bonchev–Trinajstić information content (AvgIpc) is 3.15. The van der Waals surface area contributed by atoms with Gasteiger partial charge in [-0.05, 0) is 70.5 Å². The topological polar surface area (TPSA) is 45.9 Å². The van der Waals surface area contributed by atoms with E-state index in [0.29, 0.717) is 24.0 Å². The van der Waals surface area contributed by atoms with Crippen molar-refractivity contribution in [1.29, 1.82) is 0 Å². The van der Waals surface area contributed by atoms with E-state index < -0.39 is 0 Å². The molecule has 0 saturated carbocycles. The van der Waals surface area contributed by atoms with Gasteiger partial charge in [0.05, 0.1) is 23.6 Å². The minimum atomic E-state index is 0.335. The number of anilines is 1. The number of piperidine rings is 1. The molecule has 4 heterocycles. The average molecular weight is 462 g/mol. The van der Waals surface area contributed by atoms with E-state index in [0.717, 1.165) is 50.4 Å². The summed E-state index contributed by atoms with van der Waals surface area (Å²) < 4.78 is 8.09. The first-order valence-corrected chi connectivity index (χ1v) is 12.9. The first-order valence-electron chi connectivity index (χ1n) is 12.9. The van der Waals surface area contributed by atoms with Gasteiger partial charge >= 0.3 is 0 Å². The van der Waals surface area contributed by atoms with Crippen molar-refractivity contribution in [1.82, 2.24) is 19.5 Å². The zero-order chi connectivity index (χ0) is 23.7. The quantitative estimate of drug-likeness (QED) is 0.514. The van der Waals surface area contributed by atoms with Gasteiger partial charge in [0.1, 0.15) is 5.69 Å². The van der Waals surface area contributed by atoms with E-state index in [1.165, 1.54) is 29.8 Å². The van der Waals surface area contributed by atoms with E-state index in [1.807, 2.05) is 6.20 Å². The lowest BCUT2D eigenvalue weighted by Gasteiger charge is -2.34. The van der Waals surface area contributed by atoms with Crippen LogP contribution >= 0.6 is 0 Å². The summed E-state index contributed by atoms with van der Waals surface area (Å²) in [7, 11) is 2.20. The van der Waals surface area contributed by atoms with E-state index in [2.05, 4.69) is 78.5 Å². The third-order valence-electron chi connectivity index (χ3n) is 7.57. The highest BCUT2D eigenvalue weighted by atomic mass is 16.5. The van der Waals surface area contributed by atoms with Gasteiger partial charge in [-0.2, -0.15) is 5.10 Å². The molecule has 0 radical (unpaired) electrons. The van der Waals surface area contributed by atoms with E-state index in [-0.39, 0.29) is 0 Å². The van der Waals surface area contributed by atoms with Gasteiger partial charge in [0, 0.05) is 38.8 Å². The number of hydrogen-bond acceptors (Lipinski definition) is 5. The van der Waals surface area contributed by atoms with Gasteiger partial charge in [-0.1, -0.05) is 30.3 Å². The summed E-state index contributed by atoms with van der Waals surface area (Å²) in [5.74, 6) is 1.10. The Bertz CT molecular complexity index is 1090. The molecule has 0 N–H and O–H groups in total. The van der Waals surface area contributed by atoms with E-state index in [4.69, 9.17) is 14.8 Å². The lowest BCUT2D eigenvalue weighted by molar-refractivity contribution is -0.0503. The van der Waals surface area contributed by atoms with E-state index >= 15 is 0 Å². The normalized spacial score (nSPS) is 26.1. The Morgan fingerprint density at radius 2 is 1.85 bits per heavy atom. The Morgan fingerprint density at radius 1 is 1.09 bits per heavy atom. The standard InChI is InChI=1S/C28H39N5O/c1-20-15-24(16-21(2)34-20)17-31(4)27-22(3)30-33-26(12-13-29-28(27)33)25-11-8-14-32(19-25)18-23-9-6-5-7-10-23/h5-7,9-10,12-13,20-21,24-25H,8,11,14-19H2,1-4H3/t20-,21+,24?,25?. The molecule has 5 rings (SSSR count). The fourth-order valence-electron chi connectivity index (χ4n) is 6.27. The molecule has 0 amide bonds. The van der Waals surface area contributed by atoms with E-state index in [9.17, 15) is 0 Å². The van der Waals surface area contributed by atoms with Crippen LogP contribution in [0.4, 0.5) is 5.69 Å². The molecule has 2 unspecified atom stereocenters. The second-order valence-electron chi connectivity index (χ2n) is 10.6. The molecule has 2 aromatic heterocycles. The molecular formula is C28H39N5O. The van der Waals surface area contributed by atoms with Crippen molar-refractivity contribution in [2.24, 2.45) is 5.92 Å². The number of likely N-dealkylation sites (tertiary alicyclic amines) is 1. The highest BCUT2D eigenvalue weighted by Crippen LogP contribution is 2.33. The summed E-state index contributed by atoms with van der Waals surface area (Å²) in [5, 5.41) is 5.01. The number of nitrogens with zero attached hydrogens (tertiary/aromatic N) is 5. The van der Waals surface area contributed by atoms with Crippen LogP contribution in [0.3, 0.4) is 0 Å². The molecule has 2 aliphatic rings. The fraction of sp³-hybridized carbons (Fsp3) is 0.571. The molecule has 2 fully saturated rings. The zero-order valence-corrected chi connectivity index (χ0v) is 21.2. The van der Waals surface area contributed by atoms with Crippen LogP contribution in [0, 0.1) is 12.8 Å². The molecule has 2 saturated heterocycles. The van der Waals surface area contributed by atoms with Gasteiger partial charge in [-0.15, -0.1) is 0 Å². The maximum absolute atomic E-state index is 5.96. The van der Waals surface area contributed by atoms with Gasteiger partial charge in [-0.25, -0.2) is 9.50 Å². The van der Waals surface area contributed by atoms with Crippen molar-refractivity contribution in [2.45, 2.75) is 71.1 Å². The Hall–Kier alpha value is -2.44. The number of aromatic nitrogens is 3. The summed E-state index contributed by atoms with van der Waals surface area (Å²) >= 11 is 0. The van der Waals surface area contributed by atoms with Crippen LogP contribution in [0.5, 0.6) is 0 Å². The van der Waals surface area contributed by atoms with Crippen LogP contribution in [0.2, 0.25) is 0 Å². The highest BCUT2D eigenvalue weighted by Gasteiger charge is 2.28. The maximum atomic E-state index is 5.96. The summed E-state index contributed by atoms with van der Waals surface area (Å²) in [4.78, 5) is 9.78. The number of rotatable bonds is 6. The monoisotopic (exact) mass is 461 g/mol. The zero-order valence-electron chi connectivity index (χ0n) is 21.2. The molecule has 0 aliphatic carbocycles. The summed E-state index contributed by atoms with van der Waals surface area (Å²) in [5.41, 5.74) is 5.90. The van der Waals surface area contributed by atoms with Gasteiger partial charge in [0.25, 0.3) is 0 Å². The SMILES string of the molecule is Cc1nn2c(C3CCCN(Cc4ccccc4)C3)ccnc2c1N(C)CC1C[C@@H](C)O[C@@H](C)C1. The summed E-state index contributed by atoms with van der Waals surface area (Å²) in [6, 6.07) is 13.0. The number of hydrogen-bond donors (Lipinski definition) is 0. The molecule has 2 aliphatic heterocycles. The van der Waals surface area contributed by atoms with Crippen molar-refractivity contribution < 1.29 is 4.74 Å². The first kappa shape index (κ1) is 23.3. The minimum absolute atomic E-state index is 0.335. The van der Waals surface area contributed by atoms with Crippen molar-refractivity contribution in [3.8, 4) is 0 Å². The molecule has 6 heteroatoms. The van der Waals surface area contributed by atoms with Crippen LogP contribution in [0.1, 0.15) is 62.4 Å². The molecule has 3 aromatic rings. The van der Waals surface area contributed by atoms with Crippen molar-refractivity contribution in [3.63, 3.8) is 0 Å². The smallest absolute Gasteiger partial charge is 0.179 e. The predicted molar refractivity (Wildman–Crippen MR) is 137 cm³/mol. The minimum Gasteiger partial charge on any atom is -0.376 e. The molecule has 6 nitrogen and oxygen atoms in total. The Morgan fingerprint density at radius 3 is 2.62 bits per heavy atom. The number of aryl methyl sites for hydroxylation is 1. The van der Waals surface area contributed by atoms with Crippen LogP contribution in [0.15, 0.2) is 42.6 Å². The van der Waals surface area contributed by atoms with Gasteiger partial charge in [0.2, 0.25) is 0 Å². The Labute approximate surface area is 203 Å². The highest BCUT2D eigenvalue weighted by molar-refractivity contribution is 5.71. The van der Waals surface area contributed by atoms with Crippen LogP contribution in [0.25, 0.3) is 5.65 Å². The molecular weight excluding hydrogens is 422 g/mol. The fourth-order valence-corrected chi connectivity index (χ4v) is 6.27. The molecule has 1 aromatic carbocycles. The second kappa shape index (κ2) is 10.0. The largest absolute Gasteiger partial charge is 0.376 e. The van der Waals surface area contributed by atoms with Gasteiger partial charge in [0.15, 0.2) is 5.65 Å². The Kier molecular flexibility index (Phi) is 6.89. The molecule has 34 heavy (non-hydrogen) atoms. The van der Waals surface area contributed by atoms with Crippen LogP contribution < -0.4 is 4.90 Å². The Balaban J connectivity index is 1.36. The van der Waals surface area contributed by atoms with Crippen LogP contribution in [-0.4, -0.2) is 58.4 Å². The molecule has 182 valence electrons. The second-order valence-corrected chi connectivity index (χ2v) is 10.6. The summed E-state index contributed by atoms with van der Waals surface area (Å²) in [6.45, 7) is 10.8. The summed E-state index contributed by atoms with van der Waals surface area (Å²) in [6.07, 6.45) is 7.30. The third kappa shape index (κ3) is 4.98. The first-order chi connectivity index (χ1) is 16.5. The maximum Gasteiger partial charge on any atom is 0.179 e. The molecule has 0 bridgehead atoms. The van der Waals surface area contributed by atoms with Crippen molar-refractivity contribution in [3.05, 3.63) is 59.5 Å². The van der Waals surface area contributed by atoms with E-state index in [1.54, 1.807) is 0 Å². The van der Waals surface area contributed by atoms with Crippen molar-refractivity contribution >= 4 is 11.3 Å².